The molecule has 0 aromatic heterocycles. The van der Waals surface area contributed by atoms with Crippen LogP contribution in [0.5, 0.6) is 5.75 Å². The highest BCUT2D eigenvalue weighted by Crippen LogP contribution is 2.30. The first-order chi connectivity index (χ1) is 9.63. The van der Waals surface area contributed by atoms with Crippen molar-refractivity contribution in [2.45, 2.75) is 31.8 Å². The summed E-state index contributed by atoms with van der Waals surface area (Å²) < 4.78 is 2.16. The summed E-state index contributed by atoms with van der Waals surface area (Å²) in [6.45, 7) is 5.75. The van der Waals surface area contributed by atoms with Crippen molar-refractivity contribution in [3.8, 4) is 5.75 Å². The van der Waals surface area contributed by atoms with Gasteiger partial charge >= 0.3 is 0 Å². The molecule has 0 spiro atoms. The van der Waals surface area contributed by atoms with Gasteiger partial charge < -0.3 is 5.11 Å². The van der Waals surface area contributed by atoms with Gasteiger partial charge in [-0.1, -0.05) is 6.42 Å². The third kappa shape index (κ3) is 3.41. The van der Waals surface area contributed by atoms with Gasteiger partial charge in [-0.25, -0.2) is 0 Å². The molecule has 3 nitrogen and oxygen atoms in total. The maximum absolute atomic E-state index is 10.2. The van der Waals surface area contributed by atoms with Crippen LogP contribution in [0.1, 0.15) is 24.8 Å². The lowest BCUT2D eigenvalue weighted by atomic mass is 10.0. The van der Waals surface area contributed by atoms with Crippen LogP contribution in [0.4, 0.5) is 0 Å². The van der Waals surface area contributed by atoms with Gasteiger partial charge in [0.2, 0.25) is 0 Å². The number of rotatable bonds is 3. The Balaban J connectivity index is 1.56. The number of likely N-dealkylation sites (tertiary alicyclic amines) is 2. The minimum Gasteiger partial charge on any atom is -0.507 e. The molecular weight excluding hydrogens is 478 g/mol. The fraction of sp³-hybridized carbons (Fsp3) is 0.600. The molecule has 5 heteroatoms. The molecule has 0 unspecified atom stereocenters. The van der Waals surface area contributed by atoms with Crippen molar-refractivity contribution >= 4 is 45.2 Å². The molecule has 1 N–H and O–H groups in total. The Kier molecular flexibility index (Phi) is 5.10. The Morgan fingerprint density at radius 3 is 2.50 bits per heavy atom. The lowest BCUT2D eigenvalue weighted by molar-refractivity contribution is 0.0182. The monoisotopic (exact) mass is 498 g/mol. The summed E-state index contributed by atoms with van der Waals surface area (Å²) in [6, 6.07) is 4.87. The van der Waals surface area contributed by atoms with Crippen LogP contribution < -0.4 is 0 Å². The highest BCUT2D eigenvalue weighted by molar-refractivity contribution is 14.1. The van der Waals surface area contributed by atoms with E-state index in [0.717, 1.165) is 34.8 Å². The Morgan fingerprint density at radius 2 is 1.80 bits per heavy atom. The summed E-state index contributed by atoms with van der Waals surface area (Å²) in [5, 5.41) is 10.2. The summed E-state index contributed by atoms with van der Waals surface area (Å²) in [5.41, 5.74) is 1.07. The number of piperidine rings is 1. The van der Waals surface area contributed by atoms with Crippen LogP contribution in [0.3, 0.4) is 0 Å². The molecule has 0 atom stereocenters. The molecular formula is C15H20I2N2O. The molecule has 0 saturated carbocycles. The number of nitrogens with zero attached hydrogens (tertiary/aromatic N) is 2. The molecule has 110 valence electrons. The second-order valence-electron chi connectivity index (χ2n) is 5.84. The van der Waals surface area contributed by atoms with Crippen molar-refractivity contribution in [3.63, 3.8) is 0 Å². The van der Waals surface area contributed by atoms with Gasteiger partial charge in [-0.3, -0.25) is 9.80 Å². The average molecular weight is 498 g/mol. The number of benzene rings is 1. The largest absolute Gasteiger partial charge is 0.507 e. The summed E-state index contributed by atoms with van der Waals surface area (Å²) in [7, 11) is 0. The van der Waals surface area contributed by atoms with E-state index in [4.69, 9.17) is 0 Å². The van der Waals surface area contributed by atoms with Crippen LogP contribution in [0.25, 0.3) is 0 Å². The first kappa shape index (κ1) is 15.3. The SMILES string of the molecule is Oc1c(I)cc(I)cc1CN1CC(N2CCCCC2)C1. The highest BCUT2D eigenvalue weighted by atomic mass is 127. The first-order valence-electron chi connectivity index (χ1n) is 7.27. The van der Waals surface area contributed by atoms with Gasteiger partial charge in [0.15, 0.2) is 0 Å². The third-order valence-electron chi connectivity index (χ3n) is 4.35. The maximum atomic E-state index is 10.2. The van der Waals surface area contributed by atoms with Gasteiger partial charge in [0.05, 0.1) is 3.57 Å². The Hall–Kier alpha value is 0.400. The van der Waals surface area contributed by atoms with Crippen molar-refractivity contribution in [2.75, 3.05) is 26.2 Å². The van der Waals surface area contributed by atoms with E-state index in [1.165, 1.54) is 35.9 Å². The fourth-order valence-corrected chi connectivity index (χ4v) is 5.13. The van der Waals surface area contributed by atoms with Crippen molar-refractivity contribution in [3.05, 3.63) is 24.8 Å². The van der Waals surface area contributed by atoms with Crippen LogP contribution in [0.2, 0.25) is 0 Å². The topological polar surface area (TPSA) is 26.7 Å². The maximum Gasteiger partial charge on any atom is 0.133 e. The van der Waals surface area contributed by atoms with Gasteiger partial charge in [0, 0.05) is 34.8 Å². The molecule has 2 aliphatic heterocycles. The molecule has 1 aromatic carbocycles. The molecule has 2 aliphatic rings. The van der Waals surface area contributed by atoms with Crippen molar-refractivity contribution in [2.24, 2.45) is 0 Å². The molecule has 0 bridgehead atoms. The minimum atomic E-state index is 0.465. The zero-order chi connectivity index (χ0) is 14.1. The van der Waals surface area contributed by atoms with Crippen LogP contribution in [0.15, 0.2) is 12.1 Å². The van der Waals surface area contributed by atoms with E-state index >= 15 is 0 Å². The van der Waals surface area contributed by atoms with E-state index < -0.39 is 0 Å². The smallest absolute Gasteiger partial charge is 0.133 e. The Morgan fingerprint density at radius 1 is 1.10 bits per heavy atom. The summed E-state index contributed by atoms with van der Waals surface area (Å²) >= 11 is 4.53. The number of hydrogen-bond acceptors (Lipinski definition) is 3. The molecule has 3 rings (SSSR count). The molecule has 0 radical (unpaired) electrons. The van der Waals surface area contributed by atoms with E-state index in [1.54, 1.807) is 0 Å². The van der Waals surface area contributed by atoms with E-state index in [2.05, 4.69) is 61.0 Å². The number of hydrogen-bond donors (Lipinski definition) is 1. The Bertz CT molecular complexity index is 483. The van der Waals surface area contributed by atoms with Gasteiger partial charge in [-0.2, -0.15) is 0 Å². The van der Waals surface area contributed by atoms with Crippen molar-refractivity contribution in [1.82, 2.24) is 9.80 Å². The summed E-state index contributed by atoms with van der Waals surface area (Å²) in [5.74, 6) is 0.465. The molecule has 2 fully saturated rings. The molecule has 20 heavy (non-hydrogen) atoms. The molecule has 0 aliphatic carbocycles. The standard InChI is InChI=1S/C15H20I2N2O/c16-12-6-11(15(20)14(17)7-12)8-18-9-13(10-18)19-4-2-1-3-5-19/h6-7,13,20H,1-5,8-10H2. The highest BCUT2D eigenvalue weighted by Gasteiger charge is 2.32. The van der Waals surface area contributed by atoms with E-state index in [-0.39, 0.29) is 0 Å². The lowest BCUT2D eigenvalue weighted by Crippen LogP contribution is -2.59. The van der Waals surface area contributed by atoms with Gasteiger partial charge in [0.1, 0.15) is 5.75 Å². The second kappa shape index (κ2) is 6.66. The number of phenolic OH excluding ortho intramolecular Hbond substituents is 1. The van der Waals surface area contributed by atoms with Gasteiger partial charge in [-0.15, -0.1) is 0 Å². The molecule has 2 saturated heterocycles. The van der Waals surface area contributed by atoms with Crippen LogP contribution in [-0.2, 0) is 6.54 Å². The summed E-state index contributed by atoms with van der Waals surface area (Å²) in [4.78, 5) is 5.10. The third-order valence-corrected chi connectivity index (χ3v) is 5.79. The quantitative estimate of drug-likeness (QED) is 0.649. The lowest BCUT2D eigenvalue weighted by Gasteiger charge is -2.46. The number of halogens is 2. The van der Waals surface area contributed by atoms with E-state index in [9.17, 15) is 5.11 Å². The van der Waals surface area contributed by atoms with Crippen LogP contribution >= 0.6 is 45.2 Å². The van der Waals surface area contributed by atoms with Gasteiger partial charge in [-0.05, 0) is 83.2 Å². The zero-order valence-corrected chi connectivity index (χ0v) is 15.8. The Labute approximate surface area is 148 Å². The average Bonchev–Trinajstić information content (AvgIpc) is 2.39. The predicted molar refractivity (Wildman–Crippen MR) is 98.0 cm³/mol. The minimum absolute atomic E-state index is 0.465. The first-order valence-corrected chi connectivity index (χ1v) is 9.42. The summed E-state index contributed by atoms with van der Waals surface area (Å²) in [6.07, 6.45) is 4.14. The van der Waals surface area contributed by atoms with Crippen LogP contribution in [0, 0.1) is 7.14 Å². The van der Waals surface area contributed by atoms with E-state index in [0.29, 0.717) is 5.75 Å². The fourth-order valence-electron chi connectivity index (χ4n) is 3.17. The van der Waals surface area contributed by atoms with Crippen molar-refractivity contribution in [1.29, 1.82) is 0 Å². The van der Waals surface area contributed by atoms with Gasteiger partial charge in [0.25, 0.3) is 0 Å². The zero-order valence-electron chi connectivity index (χ0n) is 11.5. The molecule has 0 amide bonds. The second-order valence-corrected chi connectivity index (χ2v) is 8.25. The molecule has 2 heterocycles. The predicted octanol–water partition coefficient (Wildman–Crippen LogP) is 3.27. The van der Waals surface area contributed by atoms with E-state index in [1.807, 2.05) is 6.07 Å². The number of phenols is 1. The normalized spacial score (nSPS) is 21.9. The van der Waals surface area contributed by atoms with Crippen LogP contribution in [-0.4, -0.2) is 47.1 Å². The number of aromatic hydroxyl groups is 1. The van der Waals surface area contributed by atoms with Crippen molar-refractivity contribution < 1.29 is 5.11 Å². The molecule has 1 aromatic rings.